The fourth-order valence-electron chi connectivity index (χ4n) is 1.52. The van der Waals surface area contributed by atoms with E-state index in [4.69, 9.17) is 5.11 Å². The van der Waals surface area contributed by atoms with Gasteiger partial charge in [-0.3, -0.25) is 14.5 Å². The monoisotopic (exact) mass is 285 g/mol. The summed E-state index contributed by atoms with van der Waals surface area (Å²) in [4.78, 5) is 0. The van der Waals surface area contributed by atoms with Gasteiger partial charge in [-0.1, -0.05) is 0 Å². The largest absolute Gasteiger partial charge is 0.392 e. The molecule has 0 aliphatic heterocycles. The van der Waals surface area contributed by atoms with Gasteiger partial charge in [-0.2, -0.15) is 18.6 Å². The topological polar surface area (TPSA) is 113 Å². The molecule has 2 aromatic rings. The maximum Gasteiger partial charge on any atom is 0.279 e. The van der Waals surface area contributed by atoms with E-state index in [2.05, 4.69) is 20.0 Å². The van der Waals surface area contributed by atoms with Crippen molar-refractivity contribution in [1.82, 2.24) is 20.0 Å². The predicted octanol–water partition coefficient (Wildman–Crippen LogP) is 0.480. The zero-order chi connectivity index (χ0) is 14.0. The zero-order valence-corrected chi connectivity index (χ0v) is 11.3. The van der Waals surface area contributed by atoms with Crippen LogP contribution in [-0.4, -0.2) is 33.5 Å². The molecule has 0 saturated heterocycles. The molecule has 0 amide bonds. The van der Waals surface area contributed by atoms with Crippen LogP contribution in [0.5, 0.6) is 0 Å². The molecule has 0 radical (unpaired) electrons. The van der Waals surface area contributed by atoms with Crippen LogP contribution in [0.15, 0.2) is 23.6 Å². The number of aliphatic hydroxyl groups excluding tert-OH is 1. The van der Waals surface area contributed by atoms with E-state index in [9.17, 15) is 8.42 Å². The van der Waals surface area contributed by atoms with Gasteiger partial charge in [-0.25, -0.2) is 0 Å². The lowest BCUT2D eigenvalue weighted by Gasteiger charge is -2.06. The lowest BCUT2D eigenvalue weighted by Crippen LogP contribution is -2.15. The minimum Gasteiger partial charge on any atom is -0.392 e. The summed E-state index contributed by atoms with van der Waals surface area (Å²) in [5.41, 5.74) is 0.566. The fraction of sp³-hybridized carbons (Fsp3) is 0.400. The summed E-state index contributed by atoms with van der Waals surface area (Å²) >= 11 is 0. The van der Waals surface area contributed by atoms with Gasteiger partial charge < -0.3 is 5.11 Å². The first kappa shape index (κ1) is 13.6. The summed E-state index contributed by atoms with van der Waals surface area (Å²) in [6.45, 7) is 3.46. The summed E-state index contributed by atoms with van der Waals surface area (Å²) in [6.07, 6.45) is 4.29. The molecule has 3 N–H and O–H groups in total. The van der Waals surface area contributed by atoms with Crippen LogP contribution in [0.3, 0.4) is 0 Å². The summed E-state index contributed by atoms with van der Waals surface area (Å²) in [5, 5.41) is 18.9. The van der Waals surface area contributed by atoms with Gasteiger partial charge in [0, 0.05) is 17.8 Å². The van der Waals surface area contributed by atoms with E-state index in [1.807, 2.05) is 13.8 Å². The van der Waals surface area contributed by atoms with E-state index in [0.29, 0.717) is 5.69 Å². The van der Waals surface area contributed by atoms with E-state index >= 15 is 0 Å². The molecule has 104 valence electrons. The Bertz CT molecular complexity index is 658. The molecular weight excluding hydrogens is 270 g/mol. The first-order valence-electron chi connectivity index (χ1n) is 5.64. The number of rotatable bonds is 5. The maximum atomic E-state index is 12.1. The first-order chi connectivity index (χ1) is 8.94. The van der Waals surface area contributed by atoms with Crippen LogP contribution in [0.25, 0.3) is 0 Å². The van der Waals surface area contributed by atoms with E-state index in [1.54, 1.807) is 10.9 Å². The quantitative estimate of drug-likeness (QED) is 0.739. The second-order valence-electron chi connectivity index (χ2n) is 4.29. The molecule has 0 aliphatic rings. The average Bonchev–Trinajstić information content (AvgIpc) is 2.95. The van der Waals surface area contributed by atoms with Crippen molar-refractivity contribution in [3.05, 3.63) is 24.2 Å². The Morgan fingerprint density at radius 1 is 1.47 bits per heavy atom. The van der Waals surface area contributed by atoms with Gasteiger partial charge in [-0.05, 0) is 13.8 Å². The number of hydrogen-bond donors (Lipinski definition) is 3. The van der Waals surface area contributed by atoms with Crippen molar-refractivity contribution >= 4 is 15.7 Å². The first-order valence-corrected chi connectivity index (χ1v) is 7.12. The number of nitrogens with one attached hydrogen (secondary N) is 2. The summed E-state index contributed by atoms with van der Waals surface area (Å²) < 4.78 is 28.2. The molecule has 0 atom stereocenters. The van der Waals surface area contributed by atoms with Crippen molar-refractivity contribution in [2.45, 2.75) is 31.5 Å². The molecule has 0 spiro atoms. The van der Waals surface area contributed by atoms with Crippen LogP contribution in [0.1, 0.15) is 25.5 Å². The van der Waals surface area contributed by atoms with Gasteiger partial charge in [0.25, 0.3) is 10.0 Å². The van der Waals surface area contributed by atoms with Gasteiger partial charge in [0.05, 0.1) is 24.7 Å². The molecule has 9 heteroatoms. The number of H-pyrrole nitrogens is 1. The van der Waals surface area contributed by atoms with Crippen molar-refractivity contribution in [3.63, 3.8) is 0 Å². The molecule has 0 aliphatic carbocycles. The minimum absolute atomic E-state index is 0.137. The Labute approximate surface area is 110 Å². The van der Waals surface area contributed by atoms with E-state index in [1.165, 1.54) is 12.4 Å². The molecule has 2 heterocycles. The smallest absolute Gasteiger partial charge is 0.279 e. The maximum absolute atomic E-state index is 12.1. The van der Waals surface area contributed by atoms with Crippen LogP contribution >= 0.6 is 0 Å². The number of nitrogens with zero attached hydrogens (tertiary/aromatic N) is 3. The highest BCUT2D eigenvalue weighted by molar-refractivity contribution is 7.92. The van der Waals surface area contributed by atoms with Gasteiger partial charge in [0.15, 0.2) is 5.03 Å². The van der Waals surface area contributed by atoms with Crippen LogP contribution in [0.4, 0.5) is 5.69 Å². The second-order valence-corrected chi connectivity index (χ2v) is 5.91. The van der Waals surface area contributed by atoms with Crippen molar-refractivity contribution in [1.29, 1.82) is 0 Å². The molecule has 0 bridgehead atoms. The van der Waals surface area contributed by atoms with Gasteiger partial charge in [0.2, 0.25) is 0 Å². The lowest BCUT2D eigenvalue weighted by molar-refractivity contribution is 0.278. The Balaban J connectivity index is 2.26. The van der Waals surface area contributed by atoms with Crippen molar-refractivity contribution < 1.29 is 13.5 Å². The number of sulfonamides is 1. The molecule has 2 aromatic heterocycles. The third kappa shape index (κ3) is 2.76. The standard InChI is InChI=1S/C10H15N5O3S/c1-7(2)15-5-9(4-12-15)14-19(17,18)10-8(6-16)3-11-13-10/h3-5,7,14,16H,6H2,1-2H3,(H,11,13). The molecule has 2 rings (SSSR count). The zero-order valence-electron chi connectivity index (χ0n) is 10.5. The molecule has 19 heavy (non-hydrogen) atoms. The highest BCUT2D eigenvalue weighted by Crippen LogP contribution is 2.17. The number of aromatic amines is 1. The van der Waals surface area contributed by atoms with Gasteiger partial charge in [-0.15, -0.1) is 0 Å². The van der Waals surface area contributed by atoms with Crippen molar-refractivity contribution in [2.75, 3.05) is 4.72 Å². The number of aromatic nitrogens is 4. The fourth-order valence-corrected chi connectivity index (χ4v) is 2.68. The van der Waals surface area contributed by atoms with Crippen molar-refractivity contribution in [3.8, 4) is 0 Å². The third-order valence-electron chi connectivity index (χ3n) is 2.50. The normalized spacial score (nSPS) is 12.0. The number of hydrogen-bond acceptors (Lipinski definition) is 5. The van der Waals surface area contributed by atoms with E-state index in [0.717, 1.165) is 0 Å². The summed E-state index contributed by atoms with van der Waals surface area (Å²) in [5.74, 6) is 0. The minimum atomic E-state index is -3.81. The van der Waals surface area contributed by atoms with E-state index in [-0.39, 0.29) is 16.6 Å². The molecule has 0 fully saturated rings. The predicted molar refractivity (Wildman–Crippen MR) is 67.9 cm³/mol. The van der Waals surface area contributed by atoms with Crippen molar-refractivity contribution in [2.24, 2.45) is 0 Å². The third-order valence-corrected chi connectivity index (χ3v) is 3.90. The SMILES string of the molecule is CC(C)n1cc(NS(=O)(=O)c2[nH]ncc2CO)cn1. The van der Waals surface area contributed by atoms with Crippen LogP contribution in [-0.2, 0) is 16.6 Å². The Kier molecular flexibility index (Phi) is 3.58. The number of anilines is 1. The summed E-state index contributed by atoms with van der Waals surface area (Å²) in [6, 6.07) is 0.137. The highest BCUT2D eigenvalue weighted by Gasteiger charge is 2.21. The average molecular weight is 285 g/mol. The van der Waals surface area contributed by atoms with Gasteiger partial charge >= 0.3 is 0 Å². The van der Waals surface area contributed by atoms with Gasteiger partial charge in [0.1, 0.15) is 0 Å². The molecule has 8 nitrogen and oxygen atoms in total. The Morgan fingerprint density at radius 2 is 2.21 bits per heavy atom. The van der Waals surface area contributed by atoms with E-state index < -0.39 is 16.6 Å². The number of aliphatic hydroxyl groups is 1. The molecular formula is C10H15N5O3S. The van der Waals surface area contributed by atoms with Crippen LogP contribution < -0.4 is 4.72 Å². The van der Waals surface area contributed by atoms with Crippen LogP contribution in [0, 0.1) is 0 Å². The Morgan fingerprint density at radius 3 is 2.79 bits per heavy atom. The molecule has 0 unspecified atom stereocenters. The lowest BCUT2D eigenvalue weighted by atomic mass is 10.4. The summed E-state index contributed by atoms with van der Waals surface area (Å²) in [7, 11) is -3.81. The van der Waals surface area contributed by atoms with Crippen LogP contribution in [0.2, 0.25) is 0 Å². The Hall–Kier alpha value is -1.87. The molecule has 0 aromatic carbocycles. The molecule has 0 saturated carbocycles. The highest BCUT2D eigenvalue weighted by atomic mass is 32.2. The second kappa shape index (κ2) is 5.02.